The minimum absolute atomic E-state index is 0.000619. The molecule has 0 unspecified atom stereocenters. The molecule has 2 rings (SSSR count). The summed E-state index contributed by atoms with van der Waals surface area (Å²) in [5.41, 5.74) is 2.73. The van der Waals surface area contributed by atoms with Crippen LogP contribution in [0.25, 0.3) is 11.0 Å². The smallest absolute Gasteiger partial charge is 0.226 e. The lowest BCUT2D eigenvalue weighted by Gasteiger charge is -2.17. The van der Waals surface area contributed by atoms with E-state index in [2.05, 4.69) is 4.98 Å². The third-order valence-electron chi connectivity index (χ3n) is 3.02. The SMILES string of the molecule is CN(C(=O)CCCO)c1ccc2c(c1)ncn2C. The van der Waals surface area contributed by atoms with Crippen LogP contribution in [0.1, 0.15) is 12.8 Å². The van der Waals surface area contributed by atoms with Gasteiger partial charge < -0.3 is 14.6 Å². The molecule has 1 aromatic carbocycles. The predicted octanol–water partition coefficient (Wildman–Crippen LogP) is 1.31. The van der Waals surface area contributed by atoms with E-state index in [0.29, 0.717) is 12.8 Å². The summed E-state index contributed by atoms with van der Waals surface area (Å²) in [4.78, 5) is 17.7. The van der Waals surface area contributed by atoms with Crippen LogP contribution in [0.2, 0.25) is 0 Å². The monoisotopic (exact) mass is 247 g/mol. The Morgan fingerprint density at radius 2 is 2.28 bits per heavy atom. The molecule has 18 heavy (non-hydrogen) atoms. The largest absolute Gasteiger partial charge is 0.396 e. The van der Waals surface area contributed by atoms with Crippen LogP contribution in [-0.2, 0) is 11.8 Å². The maximum atomic E-state index is 11.8. The Labute approximate surface area is 106 Å². The molecule has 0 aliphatic heterocycles. The highest BCUT2D eigenvalue weighted by Crippen LogP contribution is 2.20. The van der Waals surface area contributed by atoms with Crippen LogP contribution in [0.4, 0.5) is 5.69 Å². The normalized spacial score (nSPS) is 10.8. The lowest BCUT2D eigenvalue weighted by atomic mass is 10.2. The molecule has 0 saturated heterocycles. The van der Waals surface area contributed by atoms with Crippen molar-refractivity contribution in [2.45, 2.75) is 12.8 Å². The fourth-order valence-corrected chi connectivity index (χ4v) is 1.88. The van der Waals surface area contributed by atoms with Gasteiger partial charge in [0.1, 0.15) is 0 Å². The second-order valence-electron chi connectivity index (χ2n) is 4.31. The number of amides is 1. The number of benzene rings is 1. The number of rotatable bonds is 4. The van der Waals surface area contributed by atoms with Gasteiger partial charge in [-0.3, -0.25) is 4.79 Å². The van der Waals surface area contributed by atoms with Gasteiger partial charge in [0, 0.05) is 32.8 Å². The molecule has 0 spiro atoms. The number of aromatic nitrogens is 2. The van der Waals surface area contributed by atoms with Crippen molar-refractivity contribution in [2.24, 2.45) is 7.05 Å². The zero-order chi connectivity index (χ0) is 13.1. The molecule has 2 aromatic rings. The van der Waals surface area contributed by atoms with E-state index in [1.165, 1.54) is 0 Å². The molecule has 5 heteroatoms. The van der Waals surface area contributed by atoms with Crippen LogP contribution in [0.15, 0.2) is 24.5 Å². The number of aliphatic hydroxyl groups excluding tert-OH is 1. The number of fused-ring (bicyclic) bond motifs is 1. The van der Waals surface area contributed by atoms with Gasteiger partial charge in [-0.25, -0.2) is 4.98 Å². The Kier molecular flexibility index (Phi) is 3.62. The number of nitrogens with zero attached hydrogens (tertiary/aromatic N) is 3. The van der Waals surface area contributed by atoms with E-state index in [9.17, 15) is 4.79 Å². The molecule has 1 amide bonds. The third kappa shape index (κ3) is 2.36. The zero-order valence-corrected chi connectivity index (χ0v) is 10.6. The Hall–Kier alpha value is -1.88. The summed E-state index contributed by atoms with van der Waals surface area (Å²) in [7, 11) is 3.68. The van der Waals surface area contributed by atoms with E-state index >= 15 is 0 Å². The van der Waals surface area contributed by atoms with Crippen LogP contribution in [-0.4, -0.2) is 34.2 Å². The predicted molar refractivity (Wildman–Crippen MR) is 70.4 cm³/mol. The van der Waals surface area contributed by atoms with Crippen molar-refractivity contribution < 1.29 is 9.90 Å². The molecule has 96 valence electrons. The van der Waals surface area contributed by atoms with Crippen molar-refractivity contribution in [3.8, 4) is 0 Å². The van der Waals surface area contributed by atoms with Crippen LogP contribution in [0.3, 0.4) is 0 Å². The second kappa shape index (κ2) is 5.18. The van der Waals surface area contributed by atoms with Gasteiger partial charge in [0.15, 0.2) is 0 Å². The summed E-state index contributed by atoms with van der Waals surface area (Å²) in [6.07, 6.45) is 2.60. The average Bonchev–Trinajstić information content (AvgIpc) is 2.76. The fraction of sp³-hybridized carbons (Fsp3) is 0.385. The van der Waals surface area contributed by atoms with Crippen LogP contribution >= 0.6 is 0 Å². The first-order valence-electron chi connectivity index (χ1n) is 5.92. The first-order chi connectivity index (χ1) is 8.63. The van der Waals surface area contributed by atoms with Gasteiger partial charge in [-0.05, 0) is 24.6 Å². The molecular weight excluding hydrogens is 230 g/mol. The molecule has 0 atom stereocenters. The van der Waals surface area contributed by atoms with Gasteiger partial charge >= 0.3 is 0 Å². The standard InChI is InChI=1S/C13H17N3O2/c1-15-9-14-11-8-10(5-6-12(11)15)16(2)13(18)4-3-7-17/h5-6,8-9,17H,3-4,7H2,1-2H3. The summed E-state index contributed by atoms with van der Waals surface area (Å²) >= 11 is 0. The first-order valence-corrected chi connectivity index (χ1v) is 5.92. The van der Waals surface area contributed by atoms with Crippen molar-refractivity contribution >= 4 is 22.6 Å². The first kappa shape index (κ1) is 12.6. The van der Waals surface area contributed by atoms with Gasteiger partial charge in [-0.2, -0.15) is 0 Å². The highest BCUT2D eigenvalue weighted by Gasteiger charge is 2.11. The summed E-state index contributed by atoms with van der Waals surface area (Å²) in [5.74, 6) is -0.000619. The third-order valence-corrected chi connectivity index (χ3v) is 3.02. The number of imidazole rings is 1. The van der Waals surface area contributed by atoms with Crippen LogP contribution in [0, 0.1) is 0 Å². The van der Waals surface area contributed by atoms with Gasteiger partial charge in [0.25, 0.3) is 0 Å². The van der Waals surface area contributed by atoms with Crippen molar-refractivity contribution in [2.75, 3.05) is 18.6 Å². The molecular formula is C13H17N3O2. The molecule has 0 bridgehead atoms. The zero-order valence-electron chi connectivity index (χ0n) is 10.6. The molecule has 5 nitrogen and oxygen atoms in total. The molecule has 1 heterocycles. The van der Waals surface area contributed by atoms with Crippen LogP contribution in [0.5, 0.6) is 0 Å². The van der Waals surface area contributed by atoms with Gasteiger partial charge in [-0.1, -0.05) is 0 Å². The van der Waals surface area contributed by atoms with Crippen LogP contribution < -0.4 is 4.90 Å². The number of hydrogen-bond donors (Lipinski definition) is 1. The van der Waals surface area contributed by atoms with Gasteiger partial charge in [-0.15, -0.1) is 0 Å². The van der Waals surface area contributed by atoms with E-state index in [-0.39, 0.29) is 12.5 Å². The van der Waals surface area contributed by atoms with E-state index < -0.39 is 0 Å². The average molecular weight is 247 g/mol. The molecule has 1 N–H and O–H groups in total. The van der Waals surface area contributed by atoms with Crippen molar-refractivity contribution in [1.29, 1.82) is 0 Å². The van der Waals surface area contributed by atoms with E-state index in [4.69, 9.17) is 5.11 Å². The number of carbonyl (C=O) groups is 1. The van der Waals surface area contributed by atoms with E-state index in [1.807, 2.05) is 29.8 Å². The Balaban J connectivity index is 2.22. The molecule has 0 saturated carbocycles. The Bertz CT molecular complexity index is 562. The number of aryl methyl sites for hydroxylation is 1. The summed E-state index contributed by atoms with van der Waals surface area (Å²) in [5, 5.41) is 8.73. The maximum absolute atomic E-state index is 11.8. The highest BCUT2D eigenvalue weighted by molar-refractivity contribution is 5.94. The van der Waals surface area contributed by atoms with E-state index in [1.54, 1.807) is 18.3 Å². The van der Waals surface area contributed by atoms with Crippen molar-refractivity contribution in [3.05, 3.63) is 24.5 Å². The Morgan fingerprint density at radius 3 is 3.00 bits per heavy atom. The number of aliphatic hydroxyl groups is 1. The molecule has 0 fully saturated rings. The van der Waals surface area contributed by atoms with E-state index in [0.717, 1.165) is 16.7 Å². The van der Waals surface area contributed by atoms with Gasteiger partial charge in [0.05, 0.1) is 17.4 Å². The fourth-order valence-electron chi connectivity index (χ4n) is 1.88. The molecule has 0 aliphatic carbocycles. The van der Waals surface area contributed by atoms with Crippen molar-refractivity contribution in [3.63, 3.8) is 0 Å². The lowest BCUT2D eigenvalue weighted by molar-refractivity contribution is -0.118. The minimum atomic E-state index is -0.000619. The second-order valence-corrected chi connectivity index (χ2v) is 4.31. The highest BCUT2D eigenvalue weighted by atomic mass is 16.3. The molecule has 1 aromatic heterocycles. The summed E-state index contributed by atoms with van der Waals surface area (Å²) in [6, 6.07) is 5.75. The van der Waals surface area contributed by atoms with Gasteiger partial charge in [0.2, 0.25) is 5.91 Å². The minimum Gasteiger partial charge on any atom is -0.396 e. The number of hydrogen-bond acceptors (Lipinski definition) is 3. The maximum Gasteiger partial charge on any atom is 0.226 e. The molecule has 0 radical (unpaired) electrons. The summed E-state index contributed by atoms with van der Waals surface area (Å²) < 4.78 is 1.94. The quantitative estimate of drug-likeness (QED) is 0.886. The number of anilines is 1. The summed E-state index contributed by atoms with van der Waals surface area (Å²) in [6.45, 7) is 0.0405. The topological polar surface area (TPSA) is 58.4 Å². The Morgan fingerprint density at radius 1 is 1.50 bits per heavy atom. The number of carbonyl (C=O) groups excluding carboxylic acids is 1. The lowest BCUT2D eigenvalue weighted by Crippen LogP contribution is -2.26. The molecule has 0 aliphatic rings. The van der Waals surface area contributed by atoms with Crippen molar-refractivity contribution in [1.82, 2.24) is 9.55 Å².